The Hall–Kier alpha value is -0.890. The number of nitrogens with zero attached hydrogens (tertiary/aromatic N) is 1. The van der Waals surface area contributed by atoms with E-state index in [1.807, 2.05) is 0 Å². The van der Waals surface area contributed by atoms with Crippen molar-refractivity contribution in [1.29, 1.82) is 0 Å². The van der Waals surface area contributed by atoms with Gasteiger partial charge in [0.2, 0.25) is 0 Å². The third-order valence-corrected chi connectivity index (χ3v) is 3.08. The molecule has 0 radical (unpaired) electrons. The second-order valence-corrected chi connectivity index (χ2v) is 4.77. The molecular formula is C13H20N2. The predicted molar refractivity (Wildman–Crippen MR) is 63.0 cm³/mol. The van der Waals surface area contributed by atoms with Crippen LogP contribution in [-0.4, -0.2) is 18.1 Å². The number of hydrogen-bond acceptors (Lipinski definition) is 2. The summed E-state index contributed by atoms with van der Waals surface area (Å²) < 4.78 is 0. The third kappa shape index (κ3) is 2.78. The quantitative estimate of drug-likeness (QED) is 0.817. The molecular weight excluding hydrogens is 184 g/mol. The molecule has 1 aromatic rings. The van der Waals surface area contributed by atoms with Gasteiger partial charge in [-0.2, -0.15) is 0 Å². The maximum absolute atomic E-state index is 4.71. The summed E-state index contributed by atoms with van der Waals surface area (Å²) in [5.41, 5.74) is 2.48. The number of nitrogens with one attached hydrogen (secondary N) is 1. The Morgan fingerprint density at radius 2 is 2.33 bits per heavy atom. The molecule has 0 amide bonds. The Morgan fingerprint density at radius 3 is 3.00 bits per heavy atom. The lowest BCUT2D eigenvalue weighted by Crippen LogP contribution is -2.11. The van der Waals surface area contributed by atoms with Crippen LogP contribution in [0.3, 0.4) is 0 Å². The largest absolute Gasteiger partial charge is 0.316 e. The first kappa shape index (κ1) is 10.6. The van der Waals surface area contributed by atoms with Crippen LogP contribution in [0.2, 0.25) is 0 Å². The molecule has 82 valence electrons. The molecule has 2 heterocycles. The van der Waals surface area contributed by atoms with Gasteiger partial charge in [0, 0.05) is 11.4 Å². The second-order valence-electron chi connectivity index (χ2n) is 4.77. The summed E-state index contributed by atoms with van der Waals surface area (Å²) in [5, 5.41) is 3.40. The standard InChI is InChI=1S/C13H20N2/c1-10(2)13-5-3-4-12(15-13)8-11-6-7-14-9-11/h3-5,10-11,14H,6-9H2,1-2H3. The maximum Gasteiger partial charge on any atom is 0.0432 e. The first-order valence-electron chi connectivity index (χ1n) is 5.92. The Morgan fingerprint density at radius 1 is 1.47 bits per heavy atom. The van der Waals surface area contributed by atoms with Crippen molar-refractivity contribution in [2.24, 2.45) is 5.92 Å². The SMILES string of the molecule is CC(C)c1cccc(CC2CCNC2)n1. The second kappa shape index (κ2) is 4.75. The molecule has 1 saturated heterocycles. The van der Waals surface area contributed by atoms with E-state index in [2.05, 4.69) is 37.4 Å². The van der Waals surface area contributed by atoms with Crippen molar-refractivity contribution < 1.29 is 0 Å². The summed E-state index contributed by atoms with van der Waals surface area (Å²) >= 11 is 0. The molecule has 1 aromatic heterocycles. The zero-order valence-electron chi connectivity index (χ0n) is 9.66. The van der Waals surface area contributed by atoms with Crippen molar-refractivity contribution in [2.75, 3.05) is 13.1 Å². The van der Waals surface area contributed by atoms with Gasteiger partial charge in [-0.15, -0.1) is 0 Å². The predicted octanol–water partition coefficient (Wildman–Crippen LogP) is 2.36. The van der Waals surface area contributed by atoms with Crippen LogP contribution in [0.1, 0.15) is 37.6 Å². The van der Waals surface area contributed by atoms with Crippen LogP contribution in [-0.2, 0) is 6.42 Å². The molecule has 0 aromatic carbocycles. The van der Waals surface area contributed by atoms with Crippen molar-refractivity contribution in [3.8, 4) is 0 Å². The molecule has 0 spiro atoms. The number of aromatic nitrogens is 1. The number of hydrogen-bond donors (Lipinski definition) is 1. The molecule has 2 nitrogen and oxygen atoms in total. The van der Waals surface area contributed by atoms with Gasteiger partial charge in [-0.05, 0) is 49.9 Å². The Labute approximate surface area is 92.1 Å². The van der Waals surface area contributed by atoms with Crippen LogP contribution >= 0.6 is 0 Å². The van der Waals surface area contributed by atoms with Crippen molar-refractivity contribution in [3.63, 3.8) is 0 Å². The third-order valence-electron chi connectivity index (χ3n) is 3.08. The highest BCUT2D eigenvalue weighted by Gasteiger charge is 2.15. The average Bonchev–Trinajstić information content (AvgIpc) is 2.71. The Kier molecular flexibility index (Phi) is 3.37. The topological polar surface area (TPSA) is 24.9 Å². The summed E-state index contributed by atoms with van der Waals surface area (Å²) in [7, 11) is 0. The minimum atomic E-state index is 0.534. The van der Waals surface area contributed by atoms with E-state index in [4.69, 9.17) is 4.98 Å². The van der Waals surface area contributed by atoms with Crippen molar-refractivity contribution in [1.82, 2.24) is 10.3 Å². The minimum Gasteiger partial charge on any atom is -0.316 e. The first-order chi connectivity index (χ1) is 7.25. The molecule has 0 bridgehead atoms. The van der Waals surface area contributed by atoms with Gasteiger partial charge in [0.05, 0.1) is 0 Å². The maximum atomic E-state index is 4.71. The molecule has 1 fully saturated rings. The smallest absolute Gasteiger partial charge is 0.0432 e. The minimum absolute atomic E-state index is 0.534. The van der Waals surface area contributed by atoms with Crippen LogP contribution in [0.4, 0.5) is 0 Å². The van der Waals surface area contributed by atoms with Gasteiger partial charge in [0.25, 0.3) is 0 Å². The lowest BCUT2D eigenvalue weighted by Gasteiger charge is -2.10. The number of rotatable bonds is 3. The lowest BCUT2D eigenvalue weighted by atomic mass is 10.0. The summed E-state index contributed by atoms with van der Waals surface area (Å²) in [6.07, 6.45) is 2.43. The van der Waals surface area contributed by atoms with E-state index in [1.165, 1.54) is 24.4 Å². The van der Waals surface area contributed by atoms with Gasteiger partial charge in [-0.25, -0.2) is 0 Å². The normalized spacial score (nSPS) is 21.1. The lowest BCUT2D eigenvalue weighted by molar-refractivity contribution is 0.569. The van der Waals surface area contributed by atoms with Gasteiger partial charge in [0.15, 0.2) is 0 Å². The van der Waals surface area contributed by atoms with Gasteiger partial charge < -0.3 is 5.32 Å². The van der Waals surface area contributed by atoms with Crippen molar-refractivity contribution >= 4 is 0 Å². The summed E-state index contributed by atoms with van der Waals surface area (Å²) in [6.45, 7) is 6.73. The van der Waals surface area contributed by atoms with Gasteiger partial charge in [-0.1, -0.05) is 19.9 Å². The molecule has 2 rings (SSSR count). The van der Waals surface area contributed by atoms with Crippen molar-refractivity contribution in [2.45, 2.75) is 32.6 Å². The van der Waals surface area contributed by atoms with Crippen LogP contribution in [0.25, 0.3) is 0 Å². The van der Waals surface area contributed by atoms with Gasteiger partial charge in [0.1, 0.15) is 0 Å². The fourth-order valence-corrected chi connectivity index (χ4v) is 2.12. The van der Waals surface area contributed by atoms with E-state index in [9.17, 15) is 0 Å². The molecule has 0 saturated carbocycles. The van der Waals surface area contributed by atoms with Gasteiger partial charge in [-0.3, -0.25) is 4.98 Å². The Balaban J connectivity index is 2.04. The van der Waals surface area contributed by atoms with E-state index in [0.717, 1.165) is 18.9 Å². The summed E-state index contributed by atoms with van der Waals surface area (Å²) in [4.78, 5) is 4.71. The summed E-state index contributed by atoms with van der Waals surface area (Å²) in [6, 6.07) is 6.42. The summed E-state index contributed by atoms with van der Waals surface area (Å²) in [5.74, 6) is 1.33. The van der Waals surface area contributed by atoms with E-state index >= 15 is 0 Å². The van der Waals surface area contributed by atoms with Crippen LogP contribution < -0.4 is 5.32 Å². The van der Waals surface area contributed by atoms with E-state index < -0.39 is 0 Å². The highest BCUT2D eigenvalue weighted by atomic mass is 14.9. The molecule has 1 atom stereocenters. The zero-order valence-corrected chi connectivity index (χ0v) is 9.66. The molecule has 1 N–H and O–H groups in total. The van der Waals surface area contributed by atoms with E-state index in [0.29, 0.717) is 5.92 Å². The number of pyridine rings is 1. The molecule has 15 heavy (non-hydrogen) atoms. The molecule has 2 heteroatoms. The highest BCUT2D eigenvalue weighted by molar-refractivity contribution is 5.14. The van der Waals surface area contributed by atoms with Crippen molar-refractivity contribution in [3.05, 3.63) is 29.6 Å². The first-order valence-corrected chi connectivity index (χ1v) is 5.92. The molecule has 1 aliphatic rings. The average molecular weight is 204 g/mol. The Bertz CT molecular complexity index is 314. The van der Waals surface area contributed by atoms with Crippen LogP contribution in [0, 0.1) is 5.92 Å². The highest BCUT2D eigenvalue weighted by Crippen LogP contribution is 2.16. The monoisotopic (exact) mass is 204 g/mol. The van der Waals surface area contributed by atoms with Crippen LogP contribution in [0.5, 0.6) is 0 Å². The molecule has 0 aliphatic carbocycles. The zero-order chi connectivity index (χ0) is 10.7. The van der Waals surface area contributed by atoms with E-state index in [1.54, 1.807) is 0 Å². The van der Waals surface area contributed by atoms with E-state index in [-0.39, 0.29) is 0 Å². The molecule has 1 unspecified atom stereocenters. The molecule has 1 aliphatic heterocycles. The van der Waals surface area contributed by atoms with Gasteiger partial charge >= 0.3 is 0 Å². The van der Waals surface area contributed by atoms with Crippen LogP contribution in [0.15, 0.2) is 18.2 Å². The fourth-order valence-electron chi connectivity index (χ4n) is 2.12. The fraction of sp³-hybridized carbons (Fsp3) is 0.615.